The van der Waals surface area contributed by atoms with E-state index in [1.54, 1.807) is 32.4 Å². The molecule has 2 aromatic rings. The van der Waals surface area contributed by atoms with Crippen molar-refractivity contribution in [3.63, 3.8) is 0 Å². The molecule has 1 aliphatic rings. The molecule has 1 fully saturated rings. The van der Waals surface area contributed by atoms with E-state index in [4.69, 9.17) is 14.6 Å². The van der Waals surface area contributed by atoms with Crippen molar-refractivity contribution in [1.82, 2.24) is 4.90 Å². The number of aromatic carboxylic acids is 1. The van der Waals surface area contributed by atoms with Crippen molar-refractivity contribution >= 4 is 40.6 Å². The van der Waals surface area contributed by atoms with Gasteiger partial charge in [0.25, 0.3) is 5.91 Å². The molecule has 0 radical (unpaired) electrons. The number of thioether (sulfide) groups is 1. The molecule has 7 nitrogen and oxygen atoms in total. The van der Waals surface area contributed by atoms with E-state index in [9.17, 15) is 9.59 Å². The zero-order chi connectivity index (χ0) is 21.7. The molecule has 0 spiro atoms. The normalized spacial score (nSPS) is 16.4. The summed E-state index contributed by atoms with van der Waals surface area (Å²) in [5.41, 5.74) is 1.50. The van der Waals surface area contributed by atoms with E-state index in [-0.39, 0.29) is 11.5 Å². The molecule has 156 valence electrons. The third-order valence-electron chi connectivity index (χ3n) is 4.31. The number of hydrogen-bond acceptors (Lipinski definition) is 6. The molecule has 0 saturated carbocycles. The van der Waals surface area contributed by atoms with E-state index in [1.807, 2.05) is 25.1 Å². The largest absolute Gasteiger partial charge is 0.493 e. The maximum Gasteiger partial charge on any atom is 0.335 e. The van der Waals surface area contributed by atoms with E-state index < -0.39 is 5.97 Å². The number of carboxylic acids is 1. The predicted octanol–water partition coefficient (Wildman–Crippen LogP) is 4.42. The van der Waals surface area contributed by atoms with Crippen LogP contribution in [0.15, 0.2) is 52.4 Å². The summed E-state index contributed by atoms with van der Waals surface area (Å²) in [5.74, 6) is 0.0283. The fourth-order valence-corrected chi connectivity index (χ4v) is 3.73. The summed E-state index contributed by atoms with van der Waals surface area (Å²) < 4.78 is 11.3. The van der Waals surface area contributed by atoms with Crippen molar-refractivity contribution in [2.24, 2.45) is 4.99 Å². The zero-order valence-electron chi connectivity index (χ0n) is 16.9. The minimum atomic E-state index is -0.999. The van der Waals surface area contributed by atoms with Gasteiger partial charge in [0.2, 0.25) is 0 Å². The summed E-state index contributed by atoms with van der Waals surface area (Å²) in [4.78, 5) is 30.2. The maximum atomic E-state index is 12.7. The third-order valence-corrected chi connectivity index (χ3v) is 5.37. The van der Waals surface area contributed by atoms with Crippen LogP contribution in [0.4, 0.5) is 5.69 Å². The first-order valence-electron chi connectivity index (χ1n) is 9.34. The smallest absolute Gasteiger partial charge is 0.335 e. The summed E-state index contributed by atoms with van der Waals surface area (Å²) in [6, 6.07) is 11.7. The lowest BCUT2D eigenvalue weighted by atomic mass is 10.1. The van der Waals surface area contributed by atoms with E-state index in [2.05, 4.69) is 4.99 Å². The summed E-state index contributed by atoms with van der Waals surface area (Å²) >= 11 is 1.25. The average molecular weight is 426 g/mol. The van der Waals surface area contributed by atoms with Crippen molar-refractivity contribution < 1.29 is 24.2 Å². The van der Waals surface area contributed by atoms with Gasteiger partial charge in [-0.3, -0.25) is 9.69 Å². The van der Waals surface area contributed by atoms with Gasteiger partial charge in [0, 0.05) is 12.6 Å². The Kier molecular flexibility index (Phi) is 6.79. The number of carboxylic acid groups (broad SMARTS) is 1. The van der Waals surface area contributed by atoms with Crippen LogP contribution in [-0.2, 0) is 4.79 Å². The SMILES string of the molecule is CCCOc1c(/C=C2/SC(=Nc3ccc(C(=O)O)cc3)N(C)C2=O)cccc1OC. The van der Waals surface area contributed by atoms with Crippen molar-refractivity contribution in [3.05, 3.63) is 58.5 Å². The van der Waals surface area contributed by atoms with Gasteiger partial charge in [-0.25, -0.2) is 9.79 Å². The molecule has 1 saturated heterocycles. The Morgan fingerprint density at radius 2 is 1.97 bits per heavy atom. The highest BCUT2D eigenvalue weighted by Gasteiger charge is 2.30. The number of amidine groups is 1. The molecular weight excluding hydrogens is 404 g/mol. The van der Waals surface area contributed by atoms with Crippen LogP contribution < -0.4 is 9.47 Å². The summed E-state index contributed by atoms with van der Waals surface area (Å²) in [6.07, 6.45) is 2.62. The molecular formula is C22H22N2O5S. The molecule has 3 rings (SSSR count). The van der Waals surface area contributed by atoms with E-state index in [0.29, 0.717) is 33.9 Å². The van der Waals surface area contributed by atoms with Crippen molar-refractivity contribution in [3.8, 4) is 11.5 Å². The van der Waals surface area contributed by atoms with E-state index >= 15 is 0 Å². The van der Waals surface area contributed by atoms with Crippen LogP contribution in [0.5, 0.6) is 11.5 Å². The predicted molar refractivity (Wildman–Crippen MR) is 118 cm³/mol. The molecule has 8 heteroatoms. The van der Waals surface area contributed by atoms with Gasteiger partial charge in [-0.15, -0.1) is 0 Å². The second-order valence-electron chi connectivity index (χ2n) is 6.45. The Morgan fingerprint density at radius 1 is 1.23 bits per heavy atom. The van der Waals surface area contributed by atoms with Crippen LogP contribution in [0.1, 0.15) is 29.3 Å². The van der Waals surface area contributed by atoms with Gasteiger partial charge >= 0.3 is 5.97 Å². The van der Waals surface area contributed by atoms with Crippen molar-refractivity contribution in [2.75, 3.05) is 20.8 Å². The number of hydrogen-bond donors (Lipinski definition) is 1. The fraction of sp³-hybridized carbons (Fsp3) is 0.227. The lowest BCUT2D eigenvalue weighted by Crippen LogP contribution is -2.23. The topological polar surface area (TPSA) is 88.4 Å². The number of ether oxygens (including phenoxy) is 2. The molecule has 1 aliphatic heterocycles. The molecule has 1 amide bonds. The van der Waals surface area contributed by atoms with Crippen LogP contribution >= 0.6 is 11.8 Å². The lowest BCUT2D eigenvalue weighted by molar-refractivity contribution is -0.121. The highest BCUT2D eigenvalue weighted by molar-refractivity contribution is 8.18. The van der Waals surface area contributed by atoms with Gasteiger partial charge in [0.05, 0.1) is 29.9 Å². The quantitative estimate of drug-likeness (QED) is 0.660. The molecule has 30 heavy (non-hydrogen) atoms. The monoisotopic (exact) mass is 426 g/mol. The number of likely N-dealkylation sites (N-methyl/N-ethyl adjacent to an activating group) is 1. The Labute approximate surface area is 179 Å². The second kappa shape index (κ2) is 9.49. The Morgan fingerprint density at radius 3 is 2.60 bits per heavy atom. The number of benzene rings is 2. The molecule has 0 aromatic heterocycles. The number of carbonyl (C=O) groups is 2. The third kappa shape index (κ3) is 4.65. The van der Waals surface area contributed by atoms with Gasteiger partial charge in [0.15, 0.2) is 16.7 Å². The lowest BCUT2D eigenvalue weighted by Gasteiger charge is -2.13. The average Bonchev–Trinajstić information content (AvgIpc) is 3.00. The van der Waals surface area contributed by atoms with Crippen LogP contribution in [0.25, 0.3) is 6.08 Å². The van der Waals surface area contributed by atoms with Crippen LogP contribution in [0.3, 0.4) is 0 Å². The number of methoxy groups -OCH3 is 1. The standard InChI is InChI=1S/C22H22N2O5S/c1-4-12-29-19-15(6-5-7-17(19)28-3)13-18-20(25)24(2)22(30-18)23-16-10-8-14(9-11-16)21(26)27/h5-11,13H,4,12H2,1-3H3,(H,26,27)/b18-13+,23-22?. The Balaban J connectivity index is 1.91. The summed E-state index contributed by atoms with van der Waals surface area (Å²) in [6.45, 7) is 2.56. The molecule has 0 atom stereocenters. The Bertz CT molecular complexity index is 1010. The fourth-order valence-electron chi connectivity index (χ4n) is 2.75. The number of nitrogens with zero attached hydrogens (tertiary/aromatic N) is 2. The molecule has 0 unspecified atom stereocenters. The van der Waals surface area contributed by atoms with Gasteiger partial charge in [-0.05, 0) is 54.6 Å². The van der Waals surface area contributed by atoms with Crippen molar-refractivity contribution in [2.45, 2.75) is 13.3 Å². The number of rotatable bonds is 7. The molecule has 1 N–H and O–H groups in total. The van der Waals surface area contributed by atoms with Crippen molar-refractivity contribution in [1.29, 1.82) is 0 Å². The first kappa shape index (κ1) is 21.4. The Hall–Kier alpha value is -3.26. The van der Waals surface area contributed by atoms with Gasteiger partial charge < -0.3 is 14.6 Å². The summed E-state index contributed by atoms with van der Waals surface area (Å²) in [7, 11) is 3.23. The maximum absolute atomic E-state index is 12.7. The van der Waals surface area contributed by atoms with Crippen LogP contribution in [0.2, 0.25) is 0 Å². The minimum Gasteiger partial charge on any atom is -0.493 e. The van der Waals surface area contributed by atoms with E-state index in [1.165, 1.54) is 28.8 Å². The molecule has 0 aliphatic carbocycles. The van der Waals surface area contributed by atoms with Crippen LogP contribution in [0, 0.1) is 0 Å². The van der Waals surface area contributed by atoms with E-state index in [0.717, 1.165) is 12.0 Å². The second-order valence-corrected chi connectivity index (χ2v) is 7.46. The highest BCUT2D eigenvalue weighted by Crippen LogP contribution is 2.37. The van der Waals surface area contributed by atoms with Crippen LogP contribution in [-0.4, -0.2) is 47.8 Å². The number of amides is 1. The number of aliphatic imine (C=N–C) groups is 1. The molecule has 2 aromatic carbocycles. The zero-order valence-corrected chi connectivity index (χ0v) is 17.7. The van der Waals surface area contributed by atoms with Gasteiger partial charge in [0.1, 0.15) is 0 Å². The first-order valence-corrected chi connectivity index (χ1v) is 10.2. The molecule has 0 bridgehead atoms. The highest BCUT2D eigenvalue weighted by atomic mass is 32.2. The minimum absolute atomic E-state index is 0.176. The number of para-hydroxylation sites is 1. The summed E-state index contributed by atoms with van der Waals surface area (Å²) in [5, 5.41) is 9.51. The van der Waals surface area contributed by atoms with Gasteiger partial charge in [-0.2, -0.15) is 0 Å². The first-order chi connectivity index (χ1) is 14.4. The number of carbonyl (C=O) groups excluding carboxylic acids is 1. The van der Waals surface area contributed by atoms with Gasteiger partial charge in [-0.1, -0.05) is 19.1 Å². The molecule has 1 heterocycles.